The lowest BCUT2D eigenvalue weighted by molar-refractivity contribution is -0.142. The highest BCUT2D eigenvalue weighted by Crippen LogP contribution is 2.48. The fourth-order valence-corrected chi connectivity index (χ4v) is 6.65. The van der Waals surface area contributed by atoms with Gasteiger partial charge in [0, 0.05) is 19.1 Å². The molecule has 0 bridgehead atoms. The van der Waals surface area contributed by atoms with Crippen molar-refractivity contribution in [1.29, 1.82) is 0 Å². The van der Waals surface area contributed by atoms with Gasteiger partial charge in [-0.1, -0.05) is 91.0 Å². The number of ether oxygens (including phenoxy) is 1. The number of benzene rings is 3. The number of aliphatic imine (C=N–C) groups is 1. The quantitative estimate of drug-likeness (QED) is 0.0555. The SMILES string of the molecule is NC(N)=NCCCC(NC(=O)C(Cc1ccccc1)CP(=O)(O)[C@H](Cc1ccccc1)NC(=O)OCc1ccccc1)C(=O)O. The van der Waals surface area contributed by atoms with Crippen LogP contribution in [-0.4, -0.2) is 58.5 Å². The van der Waals surface area contributed by atoms with Gasteiger partial charge in [0.05, 0.1) is 5.92 Å². The predicted octanol–water partition coefficient (Wildman–Crippen LogP) is 3.23. The van der Waals surface area contributed by atoms with Crippen LogP contribution >= 0.6 is 7.37 Å². The molecular formula is C32H40N5O7P. The van der Waals surface area contributed by atoms with E-state index in [1.54, 1.807) is 84.9 Å². The van der Waals surface area contributed by atoms with E-state index in [0.29, 0.717) is 11.1 Å². The van der Waals surface area contributed by atoms with Crippen molar-refractivity contribution in [2.24, 2.45) is 22.4 Å². The second-order valence-corrected chi connectivity index (χ2v) is 13.1. The molecule has 0 saturated heterocycles. The number of carbonyl (C=O) groups excluding carboxylic acids is 2. The average molecular weight is 638 g/mol. The Labute approximate surface area is 262 Å². The molecule has 45 heavy (non-hydrogen) atoms. The first-order valence-corrected chi connectivity index (χ1v) is 16.4. The van der Waals surface area contributed by atoms with Gasteiger partial charge in [0.25, 0.3) is 0 Å². The Balaban J connectivity index is 1.82. The molecule has 0 saturated carbocycles. The molecule has 0 aliphatic heterocycles. The maximum atomic E-state index is 14.1. The monoisotopic (exact) mass is 637 g/mol. The Bertz CT molecular complexity index is 1450. The minimum Gasteiger partial charge on any atom is -0.480 e. The summed E-state index contributed by atoms with van der Waals surface area (Å²) in [6, 6.07) is 25.5. The number of aliphatic carboxylic acids is 1. The fraction of sp³-hybridized carbons (Fsp3) is 0.312. The van der Waals surface area contributed by atoms with Gasteiger partial charge >= 0.3 is 12.1 Å². The van der Waals surface area contributed by atoms with Gasteiger partial charge in [-0.15, -0.1) is 0 Å². The summed E-state index contributed by atoms with van der Waals surface area (Å²) < 4.78 is 19.4. The Kier molecular flexibility index (Phi) is 13.6. The first kappa shape index (κ1) is 34.8. The van der Waals surface area contributed by atoms with Gasteiger partial charge in [0.1, 0.15) is 18.4 Å². The standard InChI is InChI=1S/C32H40N5O7P/c33-31(34)35-18-10-17-27(30(39)40)36-29(38)26(19-23-11-4-1-5-12-23)22-45(42,43)28(20-24-13-6-2-7-14-24)37-32(41)44-21-25-15-8-3-9-16-25/h1-9,11-16,26-28H,10,17-22H2,(H,36,38)(H,37,41)(H,39,40)(H,42,43)(H4,33,34,35)/t26?,27?,28-/m1/s1. The van der Waals surface area contributed by atoms with Crippen LogP contribution in [0, 0.1) is 5.92 Å². The van der Waals surface area contributed by atoms with E-state index in [1.165, 1.54) is 0 Å². The van der Waals surface area contributed by atoms with Crippen LogP contribution in [0.2, 0.25) is 0 Å². The third kappa shape index (κ3) is 12.5. The lowest BCUT2D eigenvalue weighted by Gasteiger charge is -2.28. The molecule has 0 fully saturated rings. The van der Waals surface area contributed by atoms with Gasteiger partial charge in [0.2, 0.25) is 13.3 Å². The van der Waals surface area contributed by atoms with Gasteiger partial charge in [-0.05, 0) is 36.0 Å². The molecule has 8 N–H and O–H groups in total. The number of nitrogens with one attached hydrogen (secondary N) is 2. The molecule has 240 valence electrons. The number of amides is 2. The highest BCUT2D eigenvalue weighted by atomic mass is 31.2. The first-order valence-electron chi connectivity index (χ1n) is 14.5. The number of carbonyl (C=O) groups is 3. The van der Waals surface area contributed by atoms with Gasteiger partial charge in [-0.2, -0.15) is 0 Å². The van der Waals surface area contributed by atoms with Crippen molar-refractivity contribution < 1.29 is 33.7 Å². The zero-order valence-electron chi connectivity index (χ0n) is 24.8. The molecule has 0 aliphatic rings. The van der Waals surface area contributed by atoms with E-state index in [0.717, 1.165) is 5.56 Å². The molecule has 3 rings (SSSR count). The van der Waals surface area contributed by atoms with Crippen LogP contribution in [0.3, 0.4) is 0 Å². The lowest BCUT2D eigenvalue weighted by Crippen LogP contribution is -2.46. The molecule has 2 amide bonds. The molecule has 0 spiro atoms. The Morgan fingerprint density at radius 3 is 1.89 bits per heavy atom. The van der Waals surface area contributed by atoms with E-state index in [-0.39, 0.29) is 44.8 Å². The molecule has 3 aromatic carbocycles. The number of hydrogen-bond acceptors (Lipinski definition) is 6. The summed E-state index contributed by atoms with van der Waals surface area (Å²) in [6.07, 6.45) is -1.02. The van der Waals surface area contributed by atoms with Crippen LogP contribution in [0.25, 0.3) is 0 Å². The smallest absolute Gasteiger partial charge is 0.408 e. The summed E-state index contributed by atoms with van der Waals surface area (Å²) in [6.45, 7) is 0.133. The zero-order valence-corrected chi connectivity index (χ0v) is 25.7. The lowest BCUT2D eigenvalue weighted by atomic mass is 9.99. The number of nitrogens with two attached hydrogens (primary N) is 2. The summed E-state index contributed by atoms with van der Waals surface area (Å²) in [5.74, 6) is -4.47. The molecule has 4 atom stereocenters. The maximum Gasteiger partial charge on any atom is 0.408 e. The van der Waals surface area contributed by atoms with Crippen LogP contribution < -0.4 is 22.1 Å². The topological polar surface area (TPSA) is 206 Å². The summed E-state index contributed by atoms with van der Waals surface area (Å²) >= 11 is 0. The summed E-state index contributed by atoms with van der Waals surface area (Å²) in [5.41, 5.74) is 12.8. The van der Waals surface area contributed by atoms with Crippen LogP contribution in [-0.2, 0) is 38.3 Å². The van der Waals surface area contributed by atoms with Crippen molar-refractivity contribution in [2.75, 3.05) is 12.7 Å². The van der Waals surface area contributed by atoms with E-state index in [9.17, 15) is 28.9 Å². The number of carboxylic acid groups (broad SMARTS) is 1. The van der Waals surface area contributed by atoms with E-state index >= 15 is 0 Å². The number of hydrogen-bond donors (Lipinski definition) is 6. The highest BCUT2D eigenvalue weighted by Gasteiger charge is 2.38. The van der Waals surface area contributed by atoms with Crippen molar-refractivity contribution in [3.8, 4) is 0 Å². The van der Waals surface area contributed by atoms with Gasteiger partial charge in [-0.25, -0.2) is 9.59 Å². The molecule has 0 radical (unpaired) electrons. The van der Waals surface area contributed by atoms with Crippen LogP contribution in [0.5, 0.6) is 0 Å². The molecule has 0 aromatic heterocycles. The minimum absolute atomic E-state index is 0.00271. The van der Waals surface area contributed by atoms with Crippen LogP contribution in [0.4, 0.5) is 4.79 Å². The van der Waals surface area contributed by atoms with Crippen molar-refractivity contribution in [3.63, 3.8) is 0 Å². The van der Waals surface area contributed by atoms with Crippen LogP contribution in [0.1, 0.15) is 29.5 Å². The summed E-state index contributed by atoms with van der Waals surface area (Å²) in [7, 11) is -4.33. The van der Waals surface area contributed by atoms with Crippen LogP contribution in [0.15, 0.2) is 96.0 Å². The fourth-order valence-electron chi connectivity index (χ4n) is 4.67. The Morgan fingerprint density at radius 2 is 1.36 bits per heavy atom. The summed E-state index contributed by atoms with van der Waals surface area (Å²) in [4.78, 5) is 53.7. The largest absolute Gasteiger partial charge is 0.480 e. The Morgan fingerprint density at radius 1 is 0.822 bits per heavy atom. The van der Waals surface area contributed by atoms with E-state index in [1.807, 2.05) is 6.07 Å². The average Bonchev–Trinajstić information content (AvgIpc) is 3.02. The zero-order chi connectivity index (χ0) is 32.7. The number of guanidine groups is 1. The highest BCUT2D eigenvalue weighted by molar-refractivity contribution is 7.58. The number of rotatable bonds is 17. The molecule has 3 aromatic rings. The third-order valence-electron chi connectivity index (χ3n) is 6.99. The molecular weight excluding hydrogens is 597 g/mol. The third-order valence-corrected chi connectivity index (χ3v) is 9.24. The molecule has 0 heterocycles. The van der Waals surface area contributed by atoms with E-state index in [4.69, 9.17) is 16.2 Å². The van der Waals surface area contributed by atoms with E-state index in [2.05, 4.69) is 15.6 Å². The number of carboxylic acids is 1. The molecule has 13 heteroatoms. The maximum absolute atomic E-state index is 14.1. The second kappa shape index (κ2) is 17.6. The summed E-state index contributed by atoms with van der Waals surface area (Å²) in [5, 5.41) is 14.8. The normalized spacial score (nSPS) is 14.2. The first-order chi connectivity index (χ1) is 21.5. The molecule has 12 nitrogen and oxygen atoms in total. The number of alkyl carbamates (subject to hydrolysis) is 1. The predicted molar refractivity (Wildman–Crippen MR) is 172 cm³/mol. The van der Waals surface area contributed by atoms with E-state index < -0.39 is 49.2 Å². The van der Waals surface area contributed by atoms with Crippen molar-refractivity contribution in [3.05, 3.63) is 108 Å². The number of nitrogens with zero attached hydrogens (tertiary/aromatic N) is 1. The molecule has 0 aliphatic carbocycles. The van der Waals surface area contributed by atoms with Gasteiger partial charge < -0.3 is 36.8 Å². The van der Waals surface area contributed by atoms with Gasteiger partial charge in [-0.3, -0.25) is 14.4 Å². The molecule has 3 unspecified atom stereocenters. The van der Waals surface area contributed by atoms with Crippen molar-refractivity contribution >= 4 is 31.3 Å². The second-order valence-electron chi connectivity index (χ2n) is 10.6. The van der Waals surface area contributed by atoms with Gasteiger partial charge in [0.15, 0.2) is 5.96 Å². The Hall–Kier alpha value is -4.67. The van der Waals surface area contributed by atoms with Crippen molar-refractivity contribution in [1.82, 2.24) is 10.6 Å². The minimum atomic E-state index is -4.33. The van der Waals surface area contributed by atoms with Crippen molar-refractivity contribution in [2.45, 2.75) is 44.1 Å².